The number of piperazine rings is 1. The average molecular weight is 324 g/mol. The second kappa shape index (κ2) is 7.06. The monoisotopic (exact) mass is 324 g/mol. The molecule has 1 unspecified atom stereocenters. The maximum absolute atomic E-state index is 12.1. The van der Waals surface area contributed by atoms with Crippen LogP contribution in [0.15, 0.2) is 5.38 Å². The van der Waals surface area contributed by atoms with Gasteiger partial charge in [-0.15, -0.1) is 11.3 Å². The van der Waals surface area contributed by atoms with Crippen molar-refractivity contribution < 1.29 is 4.79 Å². The van der Waals surface area contributed by atoms with E-state index in [1.165, 1.54) is 5.01 Å². The van der Waals surface area contributed by atoms with Crippen molar-refractivity contribution in [1.82, 2.24) is 14.8 Å². The summed E-state index contributed by atoms with van der Waals surface area (Å²) >= 11 is 1.74. The number of carbonyl (C=O) groups is 1. The quantitative estimate of drug-likeness (QED) is 0.915. The van der Waals surface area contributed by atoms with Crippen LogP contribution in [-0.4, -0.2) is 53.4 Å². The predicted molar refractivity (Wildman–Crippen MR) is 90.9 cm³/mol. The molecule has 1 aliphatic heterocycles. The van der Waals surface area contributed by atoms with Crippen molar-refractivity contribution in [3.8, 4) is 0 Å². The van der Waals surface area contributed by atoms with E-state index in [1.54, 1.807) is 11.3 Å². The van der Waals surface area contributed by atoms with E-state index in [-0.39, 0.29) is 17.2 Å². The molecule has 5 nitrogen and oxygen atoms in total. The first-order valence-electron chi connectivity index (χ1n) is 7.97. The van der Waals surface area contributed by atoms with Crippen molar-refractivity contribution >= 4 is 17.2 Å². The van der Waals surface area contributed by atoms with Crippen LogP contribution in [0.4, 0.5) is 0 Å². The number of amides is 1. The Hall–Kier alpha value is -0.980. The second-order valence-electron chi connectivity index (χ2n) is 7.13. The molecule has 1 aliphatic rings. The normalized spacial score (nSPS) is 18.5. The summed E-state index contributed by atoms with van der Waals surface area (Å²) in [5, 5.41) is 3.35. The summed E-state index contributed by atoms with van der Waals surface area (Å²) in [7, 11) is 0. The average Bonchev–Trinajstić information content (AvgIpc) is 2.95. The standard InChI is InChI=1S/C16H28N4OS/c1-12(9-17)14(21)20-7-5-19(6-8-20)10-13-11-22-15(18-13)16(2,3)4/h11-12H,5-10,17H2,1-4H3. The smallest absolute Gasteiger partial charge is 0.226 e. The van der Waals surface area contributed by atoms with E-state index in [2.05, 4.69) is 31.1 Å². The Morgan fingerprint density at radius 3 is 2.50 bits per heavy atom. The summed E-state index contributed by atoms with van der Waals surface area (Å²) in [5.74, 6) is 0.116. The van der Waals surface area contributed by atoms with Crippen LogP contribution in [0.3, 0.4) is 0 Å². The minimum absolute atomic E-state index is 0.0700. The van der Waals surface area contributed by atoms with Gasteiger partial charge in [-0.25, -0.2) is 4.98 Å². The number of nitrogens with zero attached hydrogens (tertiary/aromatic N) is 3. The van der Waals surface area contributed by atoms with Crippen molar-refractivity contribution in [3.05, 3.63) is 16.1 Å². The number of nitrogens with two attached hydrogens (primary N) is 1. The van der Waals surface area contributed by atoms with E-state index >= 15 is 0 Å². The van der Waals surface area contributed by atoms with E-state index in [0.29, 0.717) is 6.54 Å². The Balaban J connectivity index is 1.85. The van der Waals surface area contributed by atoms with Gasteiger partial charge in [0.25, 0.3) is 0 Å². The van der Waals surface area contributed by atoms with Crippen LogP contribution in [0, 0.1) is 5.92 Å². The maximum Gasteiger partial charge on any atom is 0.226 e. The maximum atomic E-state index is 12.1. The fraction of sp³-hybridized carbons (Fsp3) is 0.750. The Labute approximate surface area is 137 Å². The number of aromatic nitrogens is 1. The van der Waals surface area contributed by atoms with Crippen LogP contribution < -0.4 is 5.73 Å². The zero-order chi connectivity index (χ0) is 16.3. The van der Waals surface area contributed by atoms with Crippen LogP contribution >= 0.6 is 11.3 Å². The lowest BCUT2D eigenvalue weighted by Crippen LogP contribution is -2.50. The molecule has 0 spiro atoms. The van der Waals surface area contributed by atoms with Gasteiger partial charge in [0.15, 0.2) is 0 Å². The van der Waals surface area contributed by atoms with Crippen LogP contribution in [-0.2, 0) is 16.8 Å². The Morgan fingerprint density at radius 1 is 1.36 bits per heavy atom. The molecule has 22 heavy (non-hydrogen) atoms. The first-order chi connectivity index (χ1) is 10.3. The molecule has 1 aromatic heterocycles. The molecule has 0 aromatic carbocycles. The van der Waals surface area contributed by atoms with E-state index < -0.39 is 0 Å². The van der Waals surface area contributed by atoms with Gasteiger partial charge >= 0.3 is 0 Å². The number of rotatable bonds is 4. The summed E-state index contributed by atoms with van der Waals surface area (Å²) in [4.78, 5) is 21.2. The predicted octanol–water partition coefficient (Wildman–Crippen LogP) is 1.68. The molecule has 0 radical (unpaired) electrons. The number of hydrogen-bond donors (Lipinski definition) is 1. The van der Waals surface area contributed by atoms with Crippen molar-refractivity contribution in [2.24, 2.45) is 11.7 Å². The molecule has 2 N–H and O–H groups in total. The molecule has 2 heterocycles. The molecule has 1 saturated heterocycles. The third-order valence-corrected chi connectivity index (χ3v) is 5.35. The van der Waals surface area contributed by atoms with Gasteiger partial charge in [0.2, 0.25) is 5.91 Å². The van der Waals surface area contributed by atoms with Gasteiger partial charge in [-0.2, -0.15) is 0 Å². The molecule has 1 amide bonds. The highest BCUT2D eigenvalue weighted by Gasteiger charge is 2.25. The van der Waals surface area contributed by atoms with Crippen LogP contribution in [0.1, 0.15) is 38.4 Å². The largest absolute Gasteiger partial charge is 0.340 e. The van der Waals surface area contributed by atoms with E-state index in [9.17, 15) is 4.79 Å². The van der Waals surface area contributed by atoms with Crippen molar-refractivity contribution in [2.75, 3.05) is 32.7 Å². The minimum atomic E-state index is -0.0700. The molecule has 2 rings (SSSR count). The zero-order valence-corrected chi connectivity index (χ0v) is 14.9. The van der Waals surface area contributed by atoms with Gasteiger partial charge in [-0.1, -0.05) is 27.7 Å². The van der Waals surface area contributed by atoms with E-state index in [0.717, 1.165) is 38.4 Å². The molecule has 1 atom stereocenters. The minimum Gasteiger partial charge on any atom is -0.340 e. The molecule has 0 bridgehead atoms. The van der Waals surface area contributed by atoms with Gasteiger partial charge in [0.1, 0.15) is 0 Å². The second-order valence-corrected chi connectivity index (χ2v) is 7.99. The molecule has 1 fully saturated rings. The summed E-state index contributed by atoms with van der Waals surface area (Å²) < 4.78 is 0. The Kier molecular flexibility index (Phi) is 5.58. The lowest BCUT2D eigenvalue weighted by molar-refractivity contribution is -0.136. The fourth-order valence-electron chi connectivity index (χ4n) is 2.49. The first-order valence-corrected chi connectivity index (χ1v) is 8.85. The van der Waals surface area contributed by atoms with Crippen molar-refractivity contribution in [3.63, 3.8) is 0 Å². The molecule has 0 saturated carbocycles. The summed E-state index contributed by atoms with van der Waals surface area (Å²) in [6.45, 7) is 13.2. The zero-order valence-electron chi connectivity index (χ0n) is 14.1. The molecular weight excluding hydrogens is 296 g/mol. The van der Waals surface area contributed by atoms with Crippen molar-refractivity contribution in [2.45, 2.75) is 39.7 Å². The first kappa shape index (κ1) is 17.4. The van der Waals surface area contributed by atoms with Gasteiger partial charge in [0.05, 0.1) is 10.7 Å². The summed E-state index contributed by atoms with van der Waals surface area (Å²) in [6.07, 6.45) is 0. The third-order valence-electron chi connectivity index (χ3n) is 4.04. The Morgan fingerprint density at radius 2 is 2.00 bits per heavy atom. The fourth-order valence-corrected chi connectivity index (χ4v) is 3.39. The SMILES string of the molecule is CC(CN)C(=O)N1CCN(Cc2csc(C(C)(C)C)n2)CC1. The van der Waals surface area contributed by atoms with E-state index in [1.807, 2.05) is 11.8 Å². The summed E-state index contributed by atoms with van der Waals surface area (Å²) in [6, 6.07) is 0. The van der Waals surface area contributed by atoms with Crippen LogP contribution in [0.5, 0.6) is 0 Å². The number of thiazole rings is 1. The highest BCUT2D eigenvalue weighted by atomic mass is 32.1. The topological polar surface area (TPSA) is 62.5 Å². The van der Waals surface area contributed by atoms with Crippen LogP contribution in [0.2, 0.25) is 0 Å². The lowest BCUT2D eigenvalue weighted by Gasteiger charge is -2.35. The number of hydrogen-bond acceptors (Lipinski definition) is 5. The summed E-state index contributed by atoms with van der Waals surface area (Å²) in [5.41, 5.74) is 6.84. The molecule has 1 aromatic rings. The molecule has 6 heteroatoms. The van der Waals surface area contributed by atoms with Gasteiger partial charge < -0.3 is 10.6 Å². The van der Waals surface area contributed by atoms with Gasteiger partial charge in [-0.05, 0) is 0 Å². The van der Waals surface area contributed by atoms with E-state index in [4.69, 9.17) is 10.7 Å². The highest BCUT2D eigenvalue weighted by molar-refractivity contribution is 7.09. The third kappa shape index (κ3) is 4.27. The molecular formula is C16H28N4OS. The lowest BCUT2D eigenvalue weighted by atomic mass is 9.98. The molecule has 0 aliphatic carbocycles. The highest BCUT2D eigenvalue weighted by Crippen LogP contribution is 2.26. The van der Waals surface area contributed by atoms with Gasteiger partial charge in [0, 0.05) is 56.0 Å². The van der Waals surface area contributed by atoms with Gasteiger partial charge in [-0.3, -0.25) is 9.69 Å². The molecule has 124 valence electrons. The Bertz CT molecular complexity index is 500. The number of carbonyl (C=O) groups excluding carboxylic acids is 1. The van der Waals surface area contributed by atoms with Crippen molar-refractivity contribution in [1.29, 1.82) is 0 Å². The van der Waals surface area contributed by atoms with Crippen LogP contribution in [0.25, 0.3) is 0 Å².